The number of carbonyl (C=O) groups is 1. The SMILES string of the molecule is O=C(Nc1cccc(C2(CF)COCC(S)N2)n1)c1ccc(Cl)cn1. The van der Waals surface area contributed by atoms with Crippen LogP contribution in [0.5, 0.6) is 0 Å². The van der Waals surface area contributed by atoms with Gasteiger partial charge in [-0.25, -0.2) is 14.4 Å². The molecule has 1 saturated heterocycles. The number of hydrogen-bond donors (Lipinski definition) is 3. The molecule has 0 bridgehead atoms. The Bertz CT molecular complexity index is 764. The number of nitrogens with zero attached hydrogens (tertiary/aromatic N) is 2. The number of aromatic nitrogens is 2. The van der Waals surface area contributed by atoms with Crippen molar-refractivity contribution in [2.24, 2.45) is 0 Å². The molecule has 2 aromatic rings. The highest BCUT2D eigenvalue weighted by Gasteiger charge is 2.39. The van der Waals surface area contributed by atoms with E-state index in [0.717, 1.165) is 0 Å². The van der Waals surface area contributed by atoms with Crippen LogP contribution in [0, 0.1) is 0 Å². The van der Waals surface area contributed by atoms with Crippen LogP contribution < -0.4 is 10.6 Å². The number of halogens is 2. The van der Waals surface area contributed by atoms with Crippen LogP contribution in [0.2, 0.25) is 5.02 Å². The fraction of sp³-hybridized carbons (Fsp3) is 0.312. The van der Waals surface area contributed by atoms with Crippen molar-refractivity contribution in [1.82, 2.24) is 15.3 Å². The molecule has 3 heterocycles. The van der Waals surface area contributed by atoms with Gasteiger partial charge in [0.1, 0.15) is 23.7 Å². The Labute approximate surface area is 154 Å². The van der Waals surface area contributed by atoms with Crippen molar-refractivity contribution >= 4 is 36.0 Å². The number of alkyl halides is 1. The lowest BCUT2D eigenvalue weighted by Crippen LogP contribution is -2.57. The summed E-state index contributed by atoms with van der Waals surface area (Å²) in [7, 11) is 0. The van der Waals surface area contributed by atoms with Gasteiger partial charge in [-0.3, -0.25) is 10.1 Å². The Morgan fingerprint density at radius 3 is 3.00 bits per heavy atom. The molecule has 132 valence electrons. The molecule has 0 saturated carbocycles. The molecule has 0 radical (unpaired) electrons. The number of amides is 1. The Morgan fingerprint density at radius 2 is 2.32 bits per heavy atom. The van der Waals surface area contributed by atoms with E-state index in [0.29, 0.717) is 17.3 Å². The maximum atomic E-state index is 13.8. The summed E-state index contributed by atoms with van der Waals surface area (Å²) in [5.41, 5.74) is -0.467. The molecular formula is C16H16ClFN4O2S. The average Bonchev–Trinajstić information content (AvgIpc) is 2.62. The summed E-state index contributed by atoms with van der Waals surface area (Å²) >= 11 is 10.1. The average molecular weight is 383 g/mol. The van der Waals surface area contributed by atoms with Crippen molar-refractivity contribution < 1.29 is 13.9 Å². The van der Waals surface area contributed by atoms with E-state index in [2.05, 4.69) is 33.2 Å². The molecule has 0 aromatic carbocycles. The summed E-state index contributed by atoms with van der Waals surface area (Å²) in [6.45, 7) is -0.208. The number of thiol groups is 1. The maximum Gasteiger partial charge on any atom is 0.275 e. The van der Waals surface area contributed by atoms with Crippen molar-refractivity contribution in [3.05, 3.63) is 52.9 Å². The number of carbonyl (C=O) groups excluding carboxylic acids is 1. The van der Waals surface area contributed by atoms with Crippen molar-refractivity contribution in [3.8, 4) is 0 Å². The highest BCUT2D eigenvalue weighted by atomic mass is 35.5. The summed E-state index contributed by atoms with van der Waals surface area (Å²) in [4.78, 5) is 20.5. The van der Waals surface area contributed by atoms with E-state index in [-0.39, 0.29) is 23.5 Å². The van der Waals surface area contributed by atoms with Gasteiger partial charge in [0, 0.05) is 6.20 Å². The van der Waals surface area contributed by atoms with Crippen molar-refractivity contribution in [1.29, 1.82) is 0 Å². The van der Waals surface area contributed by atoms with E-state index >= 15 is 0 Å². The zero-order valence-electron chi connectivity index (χ0n) is 13.1. The summed E-state index contributed by atoms with van der Waals surface area (Å²) in [6, 6.07) is 8.06. The largest absolute Gasteiger partial charge is 0.376 e. The molecule has 9 heteroatoms. The lowest BCUT2D eigenvalue weighted by atomic mass is 9.96. The quantitative estimate of drug-likeness (QED) is 0.708. The van der Waals surface area contributed by atoms with Gasteiger partial charge in [0.15, 0.2) is 0 Å². The lowest BCUT2D eigenvalue weighted by Gasteiger charge is -2.38. The van der Waals surface area contributed by atoms with Gasteiger partial charge < -0.3 is 10.1 Å². The van der Waals surface area contributed by atoms with Crippen LogP contribution in [-0.2, 0) is 10.3 Å². The van der Waals surface area contributed by atoms with Crippen molar-refractivity contribution in [2.75, 3.05) is 25.2 Å². The minimum Gasteiger partial charge on any atom is -0.376 e. The number of nitrogens with one attached hydrogen (secondary N) is 2. The van der Waals surface area contributed by atoms with Gasteiger partial charge in [-0.05, 0) is 24.3 Å². The van der Waals surface area contributed by atoms with Crippen LogP contribution in [0.15, 0.2) is 36.5 Å². The predicted octanol–water partition coefficient (Wildman–Crippen LogP) is 2.42. The molecule has 25 heavy (non-hydrogen) atoms. The monoisotopic (exact) mass is 382 g/mol. The van der Waals surface area contributed by atoms with E-state index < -0.39 is 18.1 Å². The molecule has 0 spiro atoms. The smallest absolute Gasteiger partial charge is 0.275 e. The highest BCUT2D eigenvalue weighted by molar-refractivity contribution is 7.80. The Morgan fingerprint density at radius 1 is 1.48 bits per heavy atom. The number of pyridine rings is 2. The first-order valence-electron chi connectivity index (χ1n) is 7.52. The number of hydrogen-bond acceptors (Lipinski definition) is 6. The molecule has 2 unspecified atom stereocenters. The first-order chi connectivity index (χ1) is 12.0. The second kappa shape index (κ2) is 7.65. The van der Waals surface area contributed by atoms with Crippen LogP contribution in [0.3, 0.4) is 0 Å². The fourth-order valence-corrected chi connectivity index (χ4v) is 2.97. The Balaban J connectivity index is 1.81. The van der Waals surface area contributed by atoms with E-state index in [1.807, 2.05) is 0 Å². The van der Waals surface area contributed by atoms with Gasteiger partial charge in [-0.1, -0.05) is 17.7 Å². The van der Waals surface area contributed by atoms with Gasteiger partial charge in [0.2, 0.25) is 0 Å². The fourth-order valence-electron chi connectivity index (χ4n) is 2.50. The number of rotatable bonds is 4. The molecule has 2 N–H and O–H groups in total. The van der Waals surface area contributed by atoms with E-state index in [1.165, 1.54) is 12.3 Å². The topological polar surface area (TPSA) is 76.1 Å². The molecule has 2 aromatic heterocycles. The van der Waals surface area contributed by atoms with Gasteiger partial charge in [-0.15, -0.1) is 0 Å². The standard InChI is InChI=1S/C16H16ClFN4O2S/c17-10-4-5-11(19-6-10)15(23)21-13-3-1-2-12(20-13)16(8-18)9-24-7-14(25)22-16/h1-6,14,22,25H,7-9H2,(H,20,21,23). The first kappa shape index (κ1) is 18.1. The number of morpholine rings is 1. The van der Waals surface area contributed by atoms with Crippen molar-refractivity contribution in [3.63, 3.8) is 0 Å². The zero-order chi connectivity index (χ0) is 17.9. The minimum absolute atomic E-state index is 0.129. The van der Waals surface area contributed by atoms with Crippen LogP contribution in [0.4, 0.5) is 10.2 Å². The molecule has 1 aliphatic heterocycles. The molecule has 6 nitrogen and oxygen atoms in total. The summed E-state index contributed by atoms with van der Waals surface area (Å²) in [5, 5.41) is 5.85. The third-order valence-corrected chi connectivity index (χ3v) is 4.24. The van der Waals surface area contributed by atoms with Crippen LogP contribution in [-0.4, -0.2) is 41.1 Å². The van der Waals surface area contributed by atoms with Gasteiger partial charge >= 0.3 is 0 Å². The second-order valence-corrected chi connectivity index (χ2v) is 6.67. The molecule has 0 aliphatic carbocycles. The summed E-state index contributed by atoms with van der Waals surface area (Å²) in [5.74, 6) is -0.147. The van der Waals surface area contributed by atoms with Gasteiger partial charge in [0.25, 0.3) is 5.91 Å². The molecule has 1 fully saturated rings. The summed E-state index contributed by atoms with van der Waals surface area (Å²) < 4.78 is 19.2. The van der Waals surface area contributed by atoms with Crippen molar-refractivity contribution in [2.45, 2.75) is 10.9 Å². The third-order valence-electron chi connectivity index (χ3n) is 3.74. The summed E-state index contributed by atoms with van der Waals surface area (Å²) in [6.07, 6.45) is 1.38. The van der Waals surface area contributed by atoms with E-state index in [1.54, 1.807) is 24.3 Å². The molecule has 1 aliphatic rings. The Hall–Kier alpha value is -1.74. The zero-order valence-corrected chi connectivity index (χ0v) is 14.7. The van der Waals surface area contributed by atoms with Crippen LogP contribution >= 0.6 is 24.2 Å². The molecule has 1 amide bonds. The lowest BCUT2D eigenvalue weighted by molar-refractivity contribution is 0.00388. The van der Waals surface area contributed by atoms with E-state index in [9.17, 15) is 9.18 Å². The third kappa shape index (κ3) is 4.09. The molecule has 2 atom stereocenters. The van der Waals surface area contributed by atoms with Crippen LogP contribution in [0.25, 0.3) is 0 Å². The van der Waals surface area contributed by atoms with Gasteiger partial charge in [0.05, 0.1) is 29.3 Å². The second-order valence-electron chi connectivity index (χ2n) is 5.61. The van der Waals surface area contributed by atoms with Crippen LogP contribution in [0.1, 0.15) is 16.2 Å². The predicted molar refractivity (Wildman–Crippen MR) is 95.8 cm³/mol. The molecule has 3 rings (SSSR count). The normalized spacial score (nSPS) is 23.2. The van der Waals surface area contributed by atoms with Gasteiger partial charge in [-0.2, -0.15) is 12.6 Å². The van der Waals surface area contributed by atoms with E-state index in [4.69, 9.17) is 16.3 Å². The number of anilines is 1. The number of ether oxygens (including phenoxy) is 1. The Kier molecular flexibility index (Phi) is 5.53. The minimum atomic E-state index is -1.09. The first-order valence-corrected chi connectivity index (χ1v) is 8.42. The maximum absolute atomic E-state index is 13.8. The molecular weight excluding hydrogens is 367 g/mol. The highest BCUT2D eigenvalue weighted by Crippen LogP contribution is 2.26.